The van der Waals surface area contributed by atoms with E-state index in [1.807, 2.05) is 16.7 Å². The summed E-state index contributed by atoms with van der Waals surface area (Å²) in [7, 11) is 0. The van der Waals surface area contributed by atoms with Gasteiger partial charge in [0.05, 0.1) is 18.2 Å². The maximum atomic E-state index is 12.9. The van der Waals surface area contributed by atoms with Gasteiger partial charge in [-0.2, -0.15) is 5.26 Å². The Labute approximate surface area is 137 Å². The van der Waals surface area contributed by atoms with E-state index in [2.05, 4.69) is 37.3 Å². The van der Waals surface area contributed by atoms with E-state index >= 15 is 0 Å². The molecule has 0 N–H and O–H groups in total. The molecule has 0 amide bonds. The van der Waals surface area contributed by atoms with Crippen molar-refractivity contribution in [2.45, 2.75) is 51.5 Å². The standard InChI is InChI=1S/C20H22N2O/c1-2-15-7-9-16(10-8-15)19-12-11-17(13-14-21)20(23)22(19)18-5-3-4-6-18/h7-12,18H,2-6,13H2,1H3. The lowest BCUT2D eigenvalue weighted by molar-refractivity contribution is 0.505. The van der Waals surface area contributed by atoms with Crippen molar-refractivity contribution < 1.29 is 0 Å². The Morgan fingerprint density at radius 3 is 2.43 bits per heavy atom. The van der Waals surface area contributed by atoms with Gasteiger partial charge in [0.1, 0.15) is 0 Å². The molecule has 0 spiro atoms. The molecule has 1 aromatic carbocycles. The minimum Gasteiger partial charge on any atom is -0.305 e. The number of benzene rings is 1. The van der Waals surface area contributed by atoms with Crippen molar-refractivity contribution in [3.05, 3.63) is 57.9 Å². The fraction of sp³-hybridized carbons (Fsp3) is 0.400. The first-order valence-electron chi connectivity index (χ1n) is 8.45. The highest BCUT2D eigenvalue weighted by atomic mass is 16.1. The highest BCUT2D eigenvalue weighted by molar-refractivity contribution is 5.60. The van der Waals surface area contributed by atoms with E-state index in [-0.39, 0.29) is 18.0 Å². The predicted octanol–water partition coefficient (Wildman–Crippen LogP) is 4.26. The SMILES string of the molecule is CCc1ccc(-c2ccc(CC#N)c(=O)n2C2CCCC2)cc1. The number of nitrogens with zero attached hydrogens (tertiary/aromatic N) is 2. The van der Waals surface area contributed by atoms with Gasteiger partial charge in [0.2, 0.25) is 0 Å². The molecule has 1 saturated carbocycles. The lowest BCUT2D eigenvalue weighted by Crippen LogP contribution is -2.27. The normalized spacial score (nSPS) is 14.8. The average molecular weight is 306 g/mol. The number of aromatic nitrogens is 1. The second-order valence-electron chi connectivity index (χ2n) is 6.24. The summed E-state index contributed by atoms with van der Waals surface area (Å²) in [5.41, 5.74) is 3.97. The van der Waals surface area contributed by atoms with Crippen LogP contribution in [0, 0.1) is 11.3 Å². The molecule has 0 atom stereocenters. The Balaban J connectivity index is 2.13. The van der Waals surface area contributed by atoms with E-state index in [9.17, 15) is 4.79 Å². The van der Waals surface area contributed by atoms with Crippen LogP contribution in [-0.2, 0) is 12.8 Å². The molecule has 23 heavy (non-hydrogen) atoms. The molecular formula is C20H22N2O. The van der Waals surface area contributed by atoms with Gasteiger partial charge < -0.3 is 4.57 Å². The third-order valence-electron chi connectivity index (χ3n) is 4.81. The number of hydrogen-bond acceptors (Lipinski definition) is 2. The van der Waals surface area contributed by atoms with E-state index in [0.717, 1.165) is 30.5 Å². The van der Waals surface area contributed by atoms with Crippen LogP contribution < -0.4 is 5.56 Å². The molecule has 0 aliphatic heterocycles. The Kier molecular flexibility index (Phi) is 4.62. The summed E-state index contributed by atoms with van der Waals surface area (Å²) in [6.07, 6.45) is 5.64. The average Bonchev–Trinajstić information content (AvgIpc) is 3.11. The Bertz CT molecular complexity index is 775. The fourth-order valence-electron chi connectivity index (χ4n) is 3.49. The first kappa shape index (κ1) is 15.6. The third kappa shape index (κ3) is 3.07. The zero-order valence-corrected chi connectivity index (χ0v) is 13.6. The Morgan fingerprint density at radius 2 is 1.83 bits per heavy atom. The van der Waals surface area contributed by atoms with E-state index in [1.165, 1.54) is 18.4 Å². The highest BCUT2D eigenvalue weighted by Gasteiger charge is 2.22. The summed E-state index contributed by atoms with van der Waals surface area (Å²) in [6, 6.07) is 14.7. The van der Waals surface area contributed by atoms with Gasteiger partial charge in [-0.1, -0.05) is 50.1 Å². The van der Waals surface area contributed by atoms with Gasteiger partial charge in [0, 0.05) is 11.6 Å². The van der Waals surface area contributed by atoms with Gasteiger partial charge in [-0.05, 0) is 36.5 Å². The Morgan fingerprint density at radius 1 is 1.13 bits per heavy atom. The van der Waals surface area contributed by atoms with Crippen molar-refractivity contribution >= 4 is 0 Å². The largest absolute Gasteiger partial charge is 0.305 e. The zero-order valence-electron chi connectivity index (χ0n) is 13.6. The minimum atomic E-state index is 0.00974. The molecule has 3 rings (SSSR count). The maximum absolute atomic E-state index is 12.9. The van der Waals surface area contributed by atoms with Crippen LogP contribution in [0.1, 0.15) is 49.8 Å². The van der Waals surface area contributed by atoms with Crippen LogP contribution in [0.25, 0.3) is 11.3 Å². The van der Waals surface area contributed by atoms with Crippen LogP contribution in [-0.4, -0.2) is 4.57 Å². The van der Waals surface area contributed by atoms with Gasteiger partial charge in [-0.15, -0.1) is 0 Å². The number of nitriles is 1. The molecule has 1 aliphatic rings. The zero-order chi connectivity index (χ0) is 16.2. The lowest BCUT2D eigenvalue weighted by atomic mass is 10.0. The highest BCUT2D eigenvalue weighted by Crippen LogP contribution is 2.32. The maximum Gasteiger partial charge on any atom is 0.255 e. The topological polar surface area (TPSA) is 45.8 Å². The quantitative estimate of drug-likeness (QED) is 0.847. The monoisotopic (exact) mass is 306 g/mol. The predicted molar refractivity (Wildman–Crippen MR) is 92.3 cm³/mol. The first-order valence-corrected chi connectivity index (χ1v) is 8.45. The second-order valence-corrected chi connectivity index (χ2v) is 6.24. The van der Waals surface area contributed by atoms with Crippen LogP contribution in [0.2, 0.25) is 0 Å². The fourth-order valence-corrected chi connectivity index (χ4v) is 3.49. The van der Waals surface area contributed by atoms with Crippen molar-refractivity contribution in [3.8, 4) is 17.3 Å². The summed E-state index contributed by atoms with van der Waals surface area (Å²) in [5, 5.41) is 8.95. The molecule has 3 nitrogen and oxygen atoms in total. The van der Waals surface area contributed by atoms with Crippen LogP contribution >= 0.6 is 0 Å². The lowest BCUT2D eigenvalue weighted by Gasteiger charge is -2.20. The number of aryl methyl sites for hydroxylation is 1. The van der Waals surface area contributed by atoms with E-state index in [4.69, 9.17) is 5.26 Å². The summed E-state index contributed by atoms with van der Waals surface area (Å²) >= 11 is 0. The molecule has 0 saturated heterocycles. The molecule has 1 fully saturated rings. The Hall–Kier alpha value is -2.34. The first-order chi connectivity index (χ1) is 11.2. The summed E-state index contributed by atoms with van der Waals surface area (Å²) < 4.78 is 1.95. The second kappa shape index (κ2) is 6.83. The molecule has 1 heterocycles. The molecule has 0 radical (unpaired) electrons. The van der Waals surface area contributed by atoms with Gasteiger partial charge in [0.15, 0.2) is 0 Å². The smallest absolute Gasteiger partial charge is 0.255 e. The van der Waals surface area contributed by atoms with Crippen molar-refractivity contribution in [2.24, 2.45) is 0 Å². The number of rotatable bonds is 4. The minimum absolute atomic E-state index is 0.00974. The molecule has 0 bridgehead atoms. The summed E-state index contributed by atoms with van der Waals surface area (Å²) in [6.45, 7) is 2.14. The molecule has 1 aromatic heterocycles. The van der Waals surface area contributed by atoms with Crippen LogP contribution in [0.15, 0.2) is 41.2 Å². The van der Waals surface area contributed by atoms with Crippen molar-refractivity contribution in [2.75, 3.05) is 0 Å². The summed E-state index contributed by atoms with van der Waals surface area (Å²) in [4.78, 5) is 12.9. The molecular weight excluding hydrogens is 284 g/mol. The summed E-state index contributed by atoms with van der Waals surface area (Å²) in [5.74, 6) is 0. The van der Waals surface area contributed by atoms with Crippen molar-refractivity contribution in [1.29, 1.82) is 5.26 Å². The molecule has 2 aromatic rings. The number of hydrogen-bond donors (Lipinski definition) is 0. The van der Waals surface area contributed by atoms with Crippen molar-refractivity contribution in [1.82, 2.24) is 4.57 Å². The van der Waals surface area contributed by atoms with Crippen LogP contribution in [0.3, 0.4) is 0 Å². The van der Waals surface area contributed by atoms with Gasteiger partial charge in [-0.3, -0.25) is 4.79 Å². The van der Waals surface area contributed by atoms with Crippen LogP contribution in [0.5, 0.6) is 0 Å². The van der Waals surface area contributed by atoms with Gasteiger partial charge in [0.25, 0.3) is 5.56 Å². The van der Waals surface area contributed by atoms with E-state index in [0.29, 0.717) is 5.56 Å². The van der Waals surface area contributed by atoms with E-state index < -0.39 is 0 Å². The van der Waals surface area contributed by atoms with Gasteiger partial charge in [-0.25, -0.2) is 0 Å². The molecule has 118 valence electrons. The molecule has 1 aliphatic carbocycles. The van der Waals surface area contributed by atoms with Crippen molar-refractivity contribution in [3.63, 3.8) is 0 Å². The van der Waals surface area contributed by atoms with Gasteiger partial charge >= 0.3 is 0 Å². The van der Waals surface area contributed by atoms with E-state index in [1.54, 1.807) is 0 Å². The third-order valence-corrected chi connectivity index (χ3v) is 4.81. The number of pyridine rings is 1. The molecule has 0 unspecified atom stereocenters. The molecule has 3 heteroatoms. The van der Waals surface area contributed by atoms with Crippen LogP contribution in [0.4, 0.5) is 0 Å².